The van der Waals surface area contributed by atoms with E-state index in [4.69, 9.17) is 0 Å². The molecule has 0 amide bonds. The van der Waals surface area contributed by atoms with Crippen molar-refractivity contribution < 1.29 is 0 Å². The SMILES string of the molecule is CCNC(CC)c1ccccc1SCC1CCCC1. The summed E-state index contributed by atoms with van der Waals surface area (Å²) in [7, 11) is 0. The summed E-state index contributed by atoms with van der Waals surface area (Å²) >= 11 is 2.07. The van der Waals surface area contributed by atoms with Gasteiger partial charge >= 0.3 is 0 Å². The van der Waals surface area contributed by atoms with E-state index in [1.165, 1.54) is 41.9 Å². The molecule has 0 radical (unpaired) electrons. The Morgan fingerprint density at radius 1 is 1.21 bits per heavy atom. The minimum Gasteiger partial charge on any atom is -0.310 e. The average Bonchev–Trinajstić information content (AvgIpc) is 2.96. The lowest BCUT2D eigenvalue weighted by Crippen LogP contribution is -2.20. The number of nitrogens with one attached hydrogen (secondary N) is 1. The fraction of sp³-hybridized carbons (Fsp3) is 0.647. The number of hydrogen-bond donors (Lipinski definition) is 1. The number of thioether (sulfide) groups is 1. The van der Waals surface area contributed by atoms with Gasteiger partial charge in [-0.1, -0.05) is 44.9 Å². The molecule has 1 aliphatic carbocycles. The van der Waals surface area contributed by atoms with Gasteiger partial charge in [-0.25, -0.2) is 0 Å². The van der Waals surface area contributed by atoms with Gasteiger partial charge in [0.1, 0.15) is 0 Å². The van der Waals surface area contributed by atoms with E-state index in [9.17, 15) is 0 Å². The zero-order valence-electron chi connectivity index (χ0n) is 12.3. The maximum atomic E-state index is 3.60. The molecule has 1 aromatic carbocycles. The van der Waals surface area contributed by atoms with Crippen molar-refractivity contribution in [1.82, 2.24) is 5.32 Å². The first kappa shape index (κ1) is 14.9. The Bertz CT molecular complexity index is 371. The maximum Gasteiger partial charge on any atom is 0.0328 e. The van der Waals surface area contributed by atoms with Gasteiger partial charge in [0, 0.05) is 16.7 Å². The van der Waals surface area contributed by atoms with Crippen molar-refractivity contribution in [2.24, 2.45) is 5.92 Å². The molecule has 2 rings (SSSR count). The highest BCUT2D eigenvalue weighted by molar-refractivity contribution is 7.99. The fourth-order valence-electron chi connectivity index (χ4n) is 3.01. The second kappa shape index (κ2) is 7.96. The zero-order chi connectivity index (χ0) is 13.5. The first-order valence-corrected chi connectivity index (χ1v) is 8.78. The van der Waals surface area contributed by atoms with E-state index in [0.29, 0.717) is 6.04 Å². The van der Waals surface area contributed by atoms with Crippen LogP contribution in [0.25, 0.3) is 0 Å². The lowest BCUT2D eigenvalue weighted by atomic mass is 10.0. The van der Waals surface area contributed by atoms with Crippen LogP contribution in [0.15, 0.2) is 29.2 Å². The molecule has 0 heterocycles. The molecule has 0 spiro atoms. The van der Waals surface area contributed by atoms with Crippen molar-refractivity contribution in [2.45, 2.75) is 56.9 Å². The first-order valence-electron chi connectivity index (χ1n) is 7.80. The van der Waals surface area contributed by atoms with Crippen molar-refractivity contribution in [3.63, 3.8) is 0 Å². The molecule has 1 aliphatic rings. The Morgan fingerprint density at radius 2 is 1.95 bits per heavy atom. The van der Waals surface area contributed by atoms with Gasteiger partial charge in [-0.05, 0) is 43.4 Å². The van der Waals surface area contributed by atoms with Gasteiger partial charge in [-0.2, -0.15) is 0 Å². The molecule has 1 nitrogen and oxygen atoms in total. The average molecular weight is 277 g/mol. The van der Waals surface area contributed by atoms with E-state index in [-0.39, 0.29) is 0 Å². The molecule has 19 heavy (non-hydrogen) atoms. The Labute approximate surface area is 122 Å². The van der Waals surface area contributed by atoms with Crippen LogP contribution in [0.4, 0.5) is 0 Å². The molecule has 1 N–H and O–H groups in total. The van der Waals surface area contributed by atoms with E-state index < -0.39 is 0 Å². The predicted octanol–water partition coefficient (Wildman–Crippen LogP) is 5.03. The molecule has 0 bridgehead atoms. The highest BCUT2D eigenvalue weighted by atomic mass is 32.2. The first-order chi connectivity index (χ1) is 9.35. The Morgan fingerprint density at radius 3 is 2.63 bits per heavy atom. The highest BCUT2D eigenvalue weighted by Crippen LogP contribution is 2.34. The minimum absolute atomic E-state index is 0.511. The van der Waals surface area contributed by atoms with Gasteiger partial charge in [0.15, 0.2) is 0 Å². The highest BCUT2D eigenvalue weighted by Gasteiger charge is 2.17. The normalized spacial score (nSPS) is 17.8. The monoisotopic (exact) mass is 277 g/mol. The van der Waals surface area contributed by atoms with Crippen LogP contribution in [0, 0.1) is 5.92 Å². The van der Waals surface area contributed by atoms with Crippen LogP contribution in [-0.4, -0.2) is 12.3 Å². The van der Waals surface area contributed by atoms with Crippen molar-refractivity contribution in [3.8, 4) is 0 Å². The molecule has 1 fully saturated rings. The third-order valence-corrected chi connectivity index (χ3v) is 5.42. The Balaban J connectivity index is 2.01. The second-order valence-corrected chi connectivity index (χ2v) is 6.58. The molecular weight excluding hydrogens is 250 g/mol. The predicted molar refractivity (Wildman–Crippen MR) is 85.8 cm³/mol. The lowest BCUT2D eigenvalue weighted by molar-refractivity contribution is 0.530. The summed E-state index contributed by atoms with van der Waals surface area (Å²) in [5.74, 6) is 2.26. The van der Waals surface area contributed by atoms with Crippen LogP contribution in [0.5, 0.6) is 0 Å². The molecular formula is C17H27NS. The van der Waals surface area contributed by atoms with Crippen molar-refractivity contribution in [1.29, 1.82) is 0 Å². The van der Waals surface area contributed by atoms with Crippen molar-refractivity contribution in [2.75, 3.05) is 12.3 Å². The largest absolute Gasteiger partial charge is 0.310 e. The number of benzene rings is 1. The van der Waals surface area contributed by atoms with Gasteiger partial charge in [0.05, 0.1) is 0 Å². The molecule has 1 atom stereocenters. The summed E-state index contributed by atoms with van der Waals surface area (Å²) < 4.78 is 0. The van der Waals surface area contributed by atoms with E-state index in [2.05, 4.69) is 55.2 Å². The fourth-order valence-corrected chi connectivity index (χ4v) is 4.31. The summed E-state index contributed by atoms with van der Waals surface area (Å²) in [5.41, 5.74) is 1.50. The smallest absolute Gasteiger partial charge is 0.0328 e. The molecule has 0 aliphatic heterocycles. The van der Waals surface area contributed by atoms with Crippen LogP contribution in [0.3, 0.4) is 0 Å². The number of hydrogen-bond acceptors (Lipinski definition) is 2. The van der Waals surface area contributed by atoms with Gasteiger partial charge in [-0.3, -0.25) is 0 Å². The summed E-state index contributed by atoms with van der Waals surface area (Å²) in [4.78, 5) is 1.49. The minimum atomic E-state index is 0.511. The van der Waals surface area contributed by atoms with Crippen LogP contribution in [0.1, 0.15) is 57.6 Å². The summed E-state index contributed by atoms with van der Waals surface area (Å²) in [6.07, 6.45) is 6.94. The quantitative estimate of drug-likeness (QED) is 0.702. The summed E-state index contributed by atoms with van der Waals surface area (Å²) in [5, 5.41) is 3.60. The van der Waals surface area contributed by atoms with Gasteiger partial charge in [0.25, 0.3) is 0 Å². The van der Waals surface area contributed by atoms with E-state index in [1.54, 1.807) is 0 Å². The van der Waals surface area contributed by atoms with Crippen LogP contribution in [-0.2, 0) is 0 Å². The Kier molecular flexibility index (Phi) is 6.25. The van der Waals surface area contributed by atoms with Gasteiger partial charge < -0.3 is 5.32 Å². The van der Waals surface area contributed by atoms with E-state index >= 15 is 0 Å². The maximum absolute atomic E-state index is 3.60. The molecule has 106 valence electrons. The molecule has 0 saturated heterocycles. The van der Waals surface area contributed by atoms with Crippen LogP contribution >= 0.6 is 11.8 Å². The molecule has 0 aromatic heterocycles. The zero-order valence-corrected chi connectivity index (χ0v) is 13.1. The lowest BCUT2D eigenvalue weighted by Gasteiger charge is -2.20. The summed E-state index contributed by atoms with van der Waals surface area (Å²) in [6.45, 7) is 5.50. The standard InChI is InChI=1S/C17H27NS/c1-3-16(18-4-2)15-11-7-8-12-17(15)19-13-14-9-5-6-10-14/h7-8,11-12,14,16,18H,3-6,9-10,13H2,1-2H3. The third kappa shape index (κ3) is 4.25. The topological polar surface area (TPSA) is 12.0 Å². The van der Waals surface area contributed by atoms with Gasteiger partial charge in [0.2, 0.25) is 0 Å². The van der Waals surface area contributed by atoms with E-state index in [0.717, 1.165) is 18.9 Å². The van der Waals surface area contributed by atoms with Gasteiger partial charge in [-0.15, -0.1) is 11.8 Å². The molecule has 1 aromatic rings. The third-order valence-electron chi connectivity index (χ3n) is 4.10. The second-order valence-electron chi connectivity index (χ2n) is 5.52. The van der Waals surface area contributed by atoms with Crippen molar-refractivity contribution >= 4 is 11.8 Å². The van der Waals surface area contributed by atoms with Crippen molar-refractivity contribution in [3.05, 3.63) is 29.8 Å². The van der Waals surface area contributed by atoms with Crippen LogP contribution < -0.4 is 5.32 Å². The Hall–Kier alpha value is -0.470. The molecule has 1 saturated carbocycles. The number of rotatable bonds is 7. The summed E-state index contributed by atoms with van der Waals surface area (Å²) in [6, 6.07) is 9.47. The molecule has 1 unspecified atom stereocenters. The van der Waals surface area contributed by atoms with E-state index in [1.807, 2.05) is 0 Å². The molecule has 2 heteroatoms. The van der Waals surface area contributed by atoms with Crippen LogP contribution in [0.2, 0.25) is 0 Å².